The van der Waals surface area contributed by atoms with Gasteiger partial charge in [0.25, 0.3) is 0 Å². The van der Waals surface area contributed by atoms with Crippen molar-refractivity contribution in [3.63, 3.8) is 0 Å². The first-order chi connectivity index (χ1) is 31.0. The Bertz CT molecular complexity index is 3130. The normalized spacial score (nSPS) is 11.0. The van der Waals surface area contributed by atoms with E-state index in [1.807, 2.05) is 198 Å². The van der Waals surface area contributed by atoms with E-state index in [0.29, 0.717) is 11.1 Å². The van der Waals surface area contributed by atoms with E-state index in [9.17, 15) is 19.8 Å². The van der Waals surface area contributed by atoms with Gasteiger partial charge in [0.15, 0.2) is 0 Å². The van der Waals surface area contributed by atoms with Crippen molar-refractivity contribution in [1.29, 1.82) is 0 Å². The first-order valence-electron chi connectivity index (χ1n) is 21.3. The molecule has 0 unspecified atom stereocenters. The molecular weight excluding hydrogens is 843 g/mol. The van der Waals surface area contributed by atoms with Crippen LogP contribution in [0.1, 0.15) is 48.7 Å². The number of carboxylic acid groups (broad SMARTS) is 2. The van der Waals surface area contributed by atoms with Crippen LogP contribution in [0.3, 0.4) is 0 Å². The van der Waals surface area contributed by atoms with Gasteiger partial charge in [0.1, 0.15) is 11.5 Å². The van der Waals surface area contributed by atoms with Gasteiger partial charge < -0.3 is 39.2 Å². The fourth-order valence-corrected chi connectivity index (χ4v) is 8.33. The second-order valence-electron chi connectivity index (χ2n) is 16.4. The first kappa shape index (κ1) is 47.9. The van der Waals surface area contributed by atoms with Crippen molar-refractivity contribution in [2.24, 2.45) is 0 Å². The third-order valence-corrected chi connectivity index (χ3v) is 11.2. The summed E-state index contributed by atoms with van der Waals surface area (Å²) < 4.78 is 11.5. The average molecular weight is 887 g/mol. The molecule has 0 atom stereocenters. The van der Waals surface area contributed by atoms with Crippen molar-refractivity contribution in [2.45, 2.75) is 39.9 Å². The molecule has 2 N–H and O–H groups in total. The maximum Gasteiger partial charge on any atom is 1.00 e. The Labute approximate surface area is 427 Å². The number of carbonyl (C=O) groups is 2. The molecule has 8 aromatic carbocycles. The second-order valence-corrected chi connectivity index (χ2v) is 16.4. The molecule has 10 heteroatoms. The Kier molecular flexibility index (Phi) is 14.9. The first-order valence-corrected chi connectivity index (χ1v) is 21.3. The zero-order chi connectivity index (χ0) is 44.5. The van der Waals surface area contributed by atoms with Crippen molar-refractivity contribution in [2.75, 3.05) is 0 Å². The Morgan fingerprint density at radius 3 is 1.09 bits per heavy atom. The standard InChI is InChI=1S/2C28H23NO3.2Na/c2*1-17(2)32-23-12-9-19(10-13-23)21-11-14-25-24(16-21)26(27(29-25)28(30)31)22-8-7-18-5-3-4-6-20(18)15-22;;/h2*3-17,29H,1-2H3,(H,30,31);;/q;;2*+1/p-2. The van der Waals surface area contributed by atoms with Crippen LogP contribution in [0.25, 0.3) is 87.9 Å². The zero-order valence-corrected chi connectivity index (χ0v) is 41.8. The topological polar surface area (TPSA) is 130 Å². The smallest absolute Gasteiger partial charge is 0.543 e. The number of carboxylic acids is 2. The summed E-state index contributed by atoms with van der Waals surface area (Å²) >= 11 is 0. The number of H-pyrrole nitrogens is 2. The summed E-state index contributed by atoms with van der Waals surface area (Å²) in [6, 6.07) is 55.8. The number of benzene rings is 8. The molecule has 10 rings (SSSR count). The van der Waals surface area contributed by atoms with Crippen LogP contribution in [0.2, 0.25) is 0 Å². The molecule has 0 saturated heterocycles. The fourth-order valence-electron chi connectivity index (χ4n) is 8.33. The molecule has 0 aliphatic heterocycles. The van der Waals surface area contributed by atoms with E-state index in [1.165, 1.54) is 0 Å². The van der Waals surface area contributed by atoms with Gasteiger partial charge in [-0.2, -0.15) is 0 Å². The number of aromatic carboxylic acids is 2. The monoisotopic (exact) mass is 886 g/mol. The number of ether oxygens (including phenoxy) is 2. The predicted molar refractivity (Wildman–Crippen MR) is 254 cm³/mol. The second kappa shape index (κ2) is 20.6. The van der Waals surface area contributed by atoms with E-state index in [2.05, 4.69) is 9.97 Å². The van der Waals surface area contributed by atoms with Crippen LogP contribution in [0.5, 0.6) is 11.5 Å². The van der Waals surface area contributed by atoms with Gasteiger partial charge in [-0.15, -0.1) is 0 Å². The molecule has 2 aromatic heterocycles. The minimum Gasteiger partial charge on any atom is -0.543 e. The average Bonchev–Trinajstić information content (AvgIpc) is 3.88. The van der Waals surface area contributed by atoms with Crippen molar-refractivity contribution < 1.29 is 88.4 Å². The number of rotatable bonds is 10. The van der Waals surface area contributed by atoms with E-state index in [4.69, 9.17) is 9.47 Å². The van der Waals surface area contributed by atoms with Gasteiger partial charge in [0, 0.05) is 32.9 Å². The molecule has 316 valence electrons. The maximum absolute atomic E-state index is 12.0. The summed E-state index contributed by atoms with van der Waals surface area (Å²) in [5, 5.41) is 29.9. The molecular formula is C56H44N2Na2O6. The van der Waals surface area contributed by atoms with Gasteiger partial charge in [0.2, 0.25) is 0 Å². The van der Waals surface area contributed by atoms with E-state index < -0.39 is 11.9 Å². The molecule has 10 aromatic rings. The molecule has 0 radical (unpaired) electrons. The Morgan fingerprint density at radius 2 is 0.742 bits per heavy atom. The Morgan fingerprint density at radius 1 is 0.409 bits per heavy atom. The fraction of sp³-hybridized carbons (Fsp3) is 0.107. The van der Waals surface area contributed by atoms with Crippen LogP contribution in [-0.2, 0) is 0 Å². The SMILES string of the molecule is CC(C)Oc1ccc(-c2ccc3[nH]c(C(=O)[O-])c(-c4ccc5ccccc5c4)c3c2)cc1.CC(C)Oc1ccc(-c2ccc3[nH]c(C(=O)[O-])c(-c4ccc5ccccc5c4)c3c2)cc1.[Na+].[Na+]. The molecule has 0 bridgehead atoms. The summed E-state index contributed by atoms with van der Waals surface area (Å²) in [4.78, 5) is 30.0. The van der Waals surface area contributed by atoms with E-state index >= 15 is 0 Å². The van der Waals surface area contributed by atoms with Crippen LogP contribution in [0, 0.1) is 0 Å². The summed E-state index contributed by atoms with van der Waals surface area (Å²) in [5.74, 6) is -0.799. The summed E-state index contributed by atoms with van der Waals surface area (Å²) in [7, 11) is 0. The molecule has 0 spiro atoms. The van der Waals surface area contributed by atoms with Crippen molar-refractivity contribution in [1.82, 2.24) is 9.97 Å². The minimum absolute atomic E-state index is 0. The van der Waals surface area contributed by atoms with E-state index in [-0.39, 0.29) is 82.7 Å². The van der Waals surface area contributed by atoms with Gasteiger partial charge in [-0.3, -0.25) is 0 Å². The molecule has 2 heterocycles. The van der Waals surface area contributed by atoms with Crippen LogP contribution in [-0.4, -0.2) is 34.1 Å². The van der Waals surface area contributed by atoms with Gasteiger partial charge >= 0.3 is 59.1 Å². The van der Waals surface area contributed by atoms with Gasteiger partial charge in [-0.25, -0.2) is 0 Å². The van der Waals surface area contributed by atoms with Crippen LogP contribution >= 0.6 is 0 Å². The van der Waals surface area contributed by atoms with Gasteiger partial charge in [-0.1, -0.05) is 109 Å². The number of aromatic amines is 2. The third-order valence-electron chi connectivity index (χ3n) is 11.2. The summed E-state index contributed by atoms with van der Waals surface area (Å²) in [5.41, 5.74) is 8.73. The summed E-state index contributed by atoms with van der Waals surface area (Å²) in [6.07, 6.45) is 0.231. The number of aromatic nitrogens is 2. The van der Waals surface area contributed by atoms with Gasteiger partial charge in [0.05, 0.1) is 35.5 Å². The molecule has 8 nitrogen and oxygen atoms in total. The molecule has 0 aliphatic carbocycles. The molecule has 0 fully saturated rings. The maximum atomic E-state index is 12.0. The van der Waals surface area contributed by atoms with E-state index in [0.717, 1.165) is 88.2 Å². The Balaban J connectivity index is 0.000000191. The van der Waals surface area contributed by atoms with Crippen molar-refractivity contribution in [3.05, 3.63) is 181 Å². The zero-order valence-electron chi connectivity index (χ0n) is 37.8. The van der Waals surface area contributed by atoms with Crippen LogP contribution < -0.4 is 78.8 Å². The predicted octanol–water partition coefficient (Wildman–Crippen LogP) is 5.62. The van der Waals surface area contributed by atoms with Crippen LogP contribution in [0.15, 0.2) is 170 Å². The quantitative estimate of drug-likeness (QED) is 0.172. The number of hydrogen-bond donors (Lipinski definition) is 2. The largest absolute Gasteiger partial charge is 1.00 e. The number of nitrogens with one attached hydrogen (secondary N) is 2. The molecule has 0 amide bonds. The molecule has 0 saturated carbocycles. The molecule has 0 aliphatic rings. The number of hydrogen-bond acceptors (Lipinski definition) is 6. The van der Waals surface area contributed by atoms with Gasteiger partial charge in [-0.05, 0) is 143 Å². The van der Waals surface area contributed by atoms with Crippen LogP contribution in [0.4, 0.5) is 0 Å². The summed E-state index contributed by atoms with van der Waals surface area (Å²) in [6.45, 7) is 7.99. The number of fused-ring (bicyclic) bond motifs is 4. The Hall–Kier alpha value is -6.10. The number of carbonyl (C=O) groups excluding carboxylic acids is 2. The van der Waals surface area contributed by atoms with E-state index in [1.54, 1.807) is 0 Å². The minimum atomic E-state index is -1.22. The van der Waals surface area contributed by atoms with Crippen molar-refractivity contribution in [3.8, 4) is 56.0 Å². The third kappa shape index (κ3) is 10.1. The van der Waals surface area contributed by atoms with Crippen molar-refractivity contribution >= 4 is 55.3 Å². The molecule has 66 heavy (non-hydrogen) atoms.